The molecule has 1 heterocycles. The number of nitrogens with zero attached hydrogens (tertiary/aromatic N) is 1. The fraction of sp³-hybridized carbons (Fsp3) is 0. The predicted octanol–water partition coefficient (Wildman–Crippen LogP) is 8.12. The molecule has 0 radical (unpaired) electrons. The normalized spacial score (nSPS) is 11.5. The molecule has 5 aromatic carbocycles. The molecular weight excluding hydrogens is 390 g/mol. The minimum atomic E-state index is 0.643. The van der Waals surface area contributed by atoms with Crippen molar-refractivity contribution in [2.75, 3.05) is 0 Å². The zero-order valence-corrected chi connectivity index (χ0v) is 16.7. The molecule has 1 aromatic heterocycles. The van der Waals surface area contributed by atoms with Crippen LogP contribution in [0.4, 0.5) is 0 Å². The topological polar surface area (TPSA) is 26.0 Å². The van der Waals surface area contributed by atoms with Gasteiger partial charge in [0.25, 0.3) is 0 Å². The van der Waals surface area contributed by atoms with E-state index in [2.05, 4.69) is 48.5 Å². The lowest BCUT2D eigenvalue weighted by atomic mass is 9.94. The quantitative estimate of drug-likeness (QED) is 0.272. The molecule has 142 valence electrons. The van der Waals surface area contributed by atoms with Crippen molar-refractivity contribution in [3.63, 3.8) is 0 Å². The summed E-state index contributed by atoms with van der Waals surface area (Å²) in [6.07, 6.45) is 0. The summed E-state index contributed by atoms with van der Waals surface area (Å²) >= 11 is 6.09. The molecule has 6 rings (SSSR count). The molecule has 0 saturated heterocycles. The molecule has 2 nitrogen and oxygen atoms in total. The molecule has 0 fully saturated rings. The Morgan fingerprint density at radius 1 is 0.633 bits per heavy atom. The lowest BCUT2D eigenvalue weighted by Gasteiger charge is -2.10. The van der Waals surface area contributed by atoms with E-state index < -0.39 is 0 Å². The monoisotopic (exact) mass is 405 g/mol. The number of benzene rings is 5. The van der Waals surface area contributed by atoms with Crippen LogP contribution in [0.15, 0.2) is 101 Å². The molecule has 0 aliphatic rings. The van der Waals surface area contributed by atoms with Crippen molar-refractivity contribution in [3.8, 4) is 22.6 Å². The van der Waals surface area contributed by atoms with Gasteiger partial charge in [0.1, 0.15) is 5.52 Å². The maximum atomic E-state index is 6.31. The van der Waals surface area contributed by atoms with E-state index in [4.69, 9.17) is 21.0 Å². The van der Waals surface area contributed by atoms with E-state index in [0.717, 1.165) is 43.4 Å². The summed E-state index contributed by atoms with van der Waals surface area (Å²) < 4.78 is 6.31. The fourth-order valence-electron chi connectivity index (χ4n) is 4.15. The zero-order valence-electron chi connectivity index (χ0n) is 16.0. The van der Waals surface area contributed by atoms with Crippen LogP contribution in [-0.2, 0) is 0 Å². The van der Waals surface area contributed by atoms with E-state index in [1.54, 1.807) is 0 Å². The molecule has 6 aromatic rings. The molecule has 30 heavy (non-hydrogen) atoms. The van der Waals surface area contributed by atoms with Gasteiger partial charge >= 0.3 is 0 Å². The molecule has 0 amide bonds. The van der Waals surface area contributed by atoms with Gasteiger partial charge in [0.05, 0.1) is 0 Å². The lowest BCUT2D eigenvalue weighted by molar-refractivity contribution is 0.623. The van der Waals surface area contributed by atoms with Crippen molar-refractivity contribution in [2.45, 2.75) is 0 Å². The summed E-state index contributed by atoms with van der Waals surface area (Å²) in [4.78, 5) is 4.75. The maximum Gasteiger partial charge on any atom is 0.227 e. The third kappa shape index (κ3) is 2.69. The first-order valence-corrected chi connectivity index (χ1v) is 10.2. The van der Waals surface area contributed by atoms with Crippen LogP contribution in [-0.4, -0.2) is 4.98 Å². The van der Waals surface area contributed by atoms with Crippen molar-refractivity contribution in [1.82, 2.24) is 4.98 Å². The minimum Gasteiger partial charge on any atom is -0.435 e. The number of hydrogen-bond acceptors (Lipinski definition) is 2. The summed E-state index contributed by atoms with van der Waals surface area (Å²) in [5, 5.41) is 5.30. The Morgan fingerprint density at radius 3 is 2.27 bits per heavy atom. The van der Waals surface area contributed by atoms with Crippen LogP contribution in [0.5, 0.6) is 0 Å². The molecule has 0 unspecified atom stereocenters. The van der Waals surface area contributed by atoms with E-state index in [0.29, 0.717) is 5.89 Å². The first kappa shape index (κ1) is 17.3. The average molecular weight is 406 g/mol. The molecule has 0 saturated carbocycles. The van der Waals surface area contributed by atoms with Gasteiger partial charge in [0.15, 0.2) is 5.58 Å². The summed E-state index contributed by atoms with van der Waals surface area (Å²) in [5.74, 6) is 0.643. The molecule has 0 N–H and O–H groups in total. The van der Waals surface area contributed by atoms with Crippen LogP contribution in [0.3, 0.4) is 0 Å². The Labute approximate surface area is 178 Å². The first-order chi connectivity index (χ1) is 14.8. The summed E-state index contributed by atoms with van der Waals surface area (Å²) in [6, 6.07) is 32.9. The molecule has 0 bridgehead atoms. The second-order valence-electron chi connectivity index (χ2n) is 7.37. The summed E-state index contributed by atoms with van der Waals surface area (Å²) in [7, 11) is 0. The zero-order chi connectivity index (χ0) is 20.1. The smallest absolute Gasteiger partial charge is 0.227 e. The average Bonchev–Trinajstić information content (AvgIpc) is 3.24. The van der Waals surface area contributed by atoms with Crippen molar-refractivity contribution in [2.24, 2.45) is 0 Å². The Kier molecular flexibility index (Phi) is 3.87. The summed E-state index contributed by atoms with van der Waals surface area (Å²) in [6.45, 7) is 0. The van der Waals surface area contributed by atoms with Gasteiger partial charge in [-0.05, 0) is 57.6 Å². The van der Waals surface area contributed by atoms with Gasteiger partial charge in [-0.15, -0.1) is 0 Å². The highest BCUT2D eigenvalue weighted by atomic mass is 35.5. The fourth-order valence-corrected chi connectivity index (χ4v) is 4.27. The molecule has 0 atom stereocenters. The van der Waals surface area contributed by atoms with Gasteiger partial charge < -0.3 is 4.42 Å². The van der Waals surface area contributed by atoms with Crippen molar-refractivity contribution < 1.29 is 4.42 Å². The number of fused-ring (bicyclic) bond motifs is 5. The summed E-state index contributed by atoms with van der Waals surface area (Å²) in [5.41, 5.74) is 4.98. The number of halogens is 1. The molecule has 0 aliphatic carbocycles. The second-order valence-corrected chi connectivity index (χ2v) is 7.81. The highest BCUT2D eigenvalue weighted by molar-refractivity contribution is 6.30. The van der Waals surface area contributed by atoms with Gasteiger partial charge in [0, 0.05) is 16.0 Å². The van der Waals surface area contributed by atoms with Gasteiger partial charge in [0.2, 0.25) is 5.89 Å². The molecule has 0 spiro atoms. The first-order valence-electron chi connectivity index (χ1n) is 9.84. The van der Waals surface area contributed by atoms with E-state index in [1.807, 2.05) is 48.5 Å². The van der Waals surface area contributed by atoms with Gasteiger partial charge in [-0.2, -0.15) is 0 Å². The third-order valence-electron chi connectivity index (χ3n) is 5.57. The van der Waals surface area contributed by atoms with Gasteiger partial charge in [-0.3, -0.25) is 0 Å². The maximum absolute atomic E-state index is 6.31. The Hall–Kier alpha value is -3.62. The Bertz CT molecular complexity index is 1530. The van der Waals surface area contributed by atoms with Crippen molar-refractivity contribution in [3.05, 3.63) is 102 Å². The molecule has 3 heteroatoms. The highest BCUT2D eigenvalue weighted by Crippen LogP contribution is 2.38. The van der Waals surface area contributed by atoms with Crippen LogP contribution in [0.2, 0.25) is 5.02 Å². The van der Waals surface area contributed by atoms with Crippen LogP contribution >= 0.6 is 11.6 Å². The lowest BCUT2D eigenvalue weighted by Crippen LogP contribution is -1.84. The highest BCUT2D eigenvalue weighted by Gasteiger charge is 2.14. The van der Waals surface area contributed by atoms with E-state index in [9.17, 15) is 0 Å². The Balaban J connectivity index is 1.67. The number of rotatable bonds is 2. The van der Waals surface area contributed by atoms with E-state index in [1.165, 1.54) is 10.9 Å². The van der Waals surface area contributed by atoms with Crippen LogP contribution in [0.25, 0.3) is 55.2 Å². The molecular formula is C27H16ClNO. The van der Waals surface area contributed by atoms with Crippen LogP contribution in [0, 0.1) is 0 Å². The predicted molar refractivity (Wildman–Crippen MR) is 125 cm³/mol. The number of aromatic nitrogens is 1. The minimum absolute atomic E-state index is 0.643. The second kappa shape index (κ2) is 6.72. The number of hydrogen-bond donors (Lipinski definition) is 0. The van der Waals surface area contributed by atoms with Crippen LogP contribution in [0.1, 0.15) is 0 Å². The van der Waals surface area contributed by atoms with Gasteiger partial charge in [-0.1, -0.05) is 78.3 Å². The standard InChI is InChI=1S/C27H16ClNO/c28-20-13-9-17(10-14-20)21-7-4-8-23-22(21)15-11-18-12-16-24-26(25(18)23)30-27(29-24)19-5-2-1-3-6-19/h1-16H. The SMILES string of the molecule is Clc1ccc(-c2cccc3c2ccc2ccc4nc(-c5ccccc5)oc4c23)cc1. The van der Waals surface area contributed by atoms with Crippen molar-refractivity contribution in [1.29, 1.82) is 0 Å². The van der Waals surface area contributed by atoms with Crippen molar-refractivity contribution >= 4 is 44.2 Å². The number of oxazole rings is 1. The Morgan fingerprint density at radius 2 is 1.43 bits per heavy atom. The third-order valence-corrected chi connectivity index (χ3v) is 5.82. The van der Waals surface area contributed by atoms with Crippen LogP contribution < -0.4 is 0 Å². The van der Waals surface area contributed by atoms with E-state index >= 15 is 0 Å². The largest absolute Gasteiger partial charge is 0.435 e. The van der Waals surface area contributed by atoms with Gasteiger partial charge in [-0.25, -0.2) is 4.98 Å². The van der Waals surface area contributed by atoms with E-state index in [-0.39, 0.29) is 0 Å². The molecule has 0 aliphatic heterocycles.